The summed E-state index contributed by atoms with van der Waals surface area (Å²) in [5, 5.41) is 6.53. The van der Waals surface area contributed by atoms with Crippen molar-refractivity contribution in [2.45, 2.75) is 43.9 Å². The van der Waals surface area contributed by atoms with E-state index in [1.165, 1.54) is 0 Å². The number of aliphatic imine (C=N–C) groups is 1. The standard InChI is InChI=1S/C21H31N5O3S.HI/c1-2-22-21(23-11-14-26-12-3-4-13-26)24-16-18-7-9-20(10-8-18)30(27,28)25-17-19-6-5-15-29-19;/h3-4,7-10,12-13,19,25H,2,5-6,11,14-17H2,1H3,(H2,22,23,24);1H. The Morgan fingerprint density at radius 1 is 1.19 bits per heavy atom. The molecule has 1 atom stereocenters. The molecule has 1 unspecified atom stereocenters. The minimum atomic E-state index is -3.53. The summed E-state index contributed by atoms with van der Waals surface area (Å²) in [6.45, 7) is 5.88. The van der Waals surface area contributed by atoms with Gasteiger partial charge in [0.05, 0.1) is 17.5 Å². The van der Waals surface area contributed by atoms with Crippen molar-refractivity contribution in [3.8, 4) is 0 Å². The van der Waals surface area contributed by atoms with Crippen molar-refractivity contribution in [1.29, 1.82) is 0 Å². The number of halogens is 1. The largest absolute Gasteiger partial charge is 0.377 e. The lowest BCUT2D eigenvalue weighted by atomic mass is 10.2. The maximum absolute atomic E-state index is 12.5. The number of rotatable bonds is 10. The van der Waals surface area contributed by atoms with Crippen LogP contribution in [0.3, 0.4) is 0 Å². The Labute approximate surface area is 201 Å². The summed E-state index contributed by atoms with van der Waals surface area (Å²) in [5.41, 5.74) is 0.940. The molecule has 3 rings (SSSR count). The predicted octanol–water partition coefficient (Wildman–Crippen LogP) is 2.32. The Bertz CT molecular complexity index is 896. The quantitative estimate of drug-likeness (QED) is 0.235. The van der Waals surface area contributed by atoms with Gasteiger partial charge < -0.3 is 19.9 Å². The van der Waals surface area contributed by atoms with Gasteiger partial charge in [-0.15, -0.1) is 24.0 Å². The van der Waals surface area contributed by atoms with E-state index < -0.39 is 10.0 Å². The van der Waals surface area contributed by atoms with Crippen LogP contribution in [0.4, 0.5) is 0 Å². The second kappa shape index (κ2) is 13.0. The van der Waals surface area contributed by atoms with Crippen LogP contribution in [0.2, 0.25) is 0 Å². The topological polar surface area (TPSA) is 96.8 Å². The molecule has 8 nitrogen and oxygen atoms in total. The van der Waals surface area contributed by atoms with Crippen LogP contribution in [-0.4, -0.2) is 51.3 Å². The highest BCUT2D eigenvalue weighted by molar-refractivity contribution is 14.0. The summed E-state index contributed by atoms with van der Waals surface area (Å²) in [5.74, 6) is 0.736. The molecule has 0 bridgehead atoms. The fourth-order valence-corrected chi connectivity index (χ4v) is 4.27. The number of benzene rings is 1. The van der Waals surface area contributed by atoms with Crippen molar-refractivity contribution in [1.82, 2.24) is 19.9 Å². The van der Waals surface area contributed by atoms with Crippen LogP contribution >= 0.6 is 24.0 Å². The zero-order valence-corrected chi connectivity index (χ0v) is 20.9. The first-order valence-corrected chi connectivity index (χ1v) is 11.9. The number of sulfonamides is 1. The molecule has 1 aromatic carbocycles. The Balaban J connectivity index is 0.00000341. The van der Waals surface area contributed by atoms with Crippen molar-refractivity contribution in [3.63, 3.8) is 0 Å². The number of ether oxygens (including phenoxy) is 1. The van der Waals surface area contributed by atoms with E-state index in [4.69, 9.17) is 4.74 Å². The number of hydrogen-bond donors (Lipinski definition) is 3. The fraction of sp³-hybridized carbons (Fsp3) is 0.476. The predicted molar refractivity (Wildman–Crippen MR) is 133 cm³/mol. The average Bonchev–Trinajstić information content (AvgIpc) is 3.45. The van der Waals surface area contributed by atoms with Crippen molar-refractivity contribution < 1.29 is 13.2 Å². The van der Waals surface area contributed by atoms with E-state index in [-0.39, 0.29) is 35.0 Å². The molecule has 3 N–H and O–H groups in total. The summed E-state index contributed by atoms with van der Waals surface area (Å²) in [4.78, 5) is 4.84. The number of aromatic nitrogens is 1. The molecule has 2 aromatic rings. The van der Waals surface area contributed by atoms with E-state index in [9.17, 15) is 8.42 Å². The highest BCUT2D eigenvalue weighted by Crippen LogP contribution is 2.14. The number of guanidine groups is 1. The van der Waals surface area contributed by atoms with Gasteiger partial charge in [-0.05, 0) is 49.6 Å². The van der Waals surface area contributed by atoms with E-state index in [2.05, 4.69) is 24.9 Å². The third kappa shape index (κ3) is 8.43. The number of nitrogens with one attached hydrogen (secondary N) is 3. The number of hydrogen-bond acceptors (Lipinski definition) is 4. The van der Waals surface area contributed by atoms with Crippen LogP contribution in [0.1, 0.15) is 25.3 Å². The molecule has 1 aliphatic rings. The average molecular weight is 561 g/mol. The SMILES string of the molecule is CCNC(=NCc1ccc(S(=O)(=O)NCC2CCCO2)cc1)NCCn1cccc1.I. The minimum absolute atomic E-state index is 0. The Morgan fingerprint density at radius 2 is 1.94 bits per heavy atom. The minimum Gasteiger partial charge on any atom is -0.377 e. The van der Waals surface area contributed by atoms with Crippen molar-refractivity contribution in [2.24, 2.45) is 4.99 Å². The van der Waals surface area contributed by atoms with Gasteiger partial charge in [-0.3, -0.25) is 0 Å². The van der Waals surface area contributed by atoms with E-state index in [0.717, 1.165) is 44.0 Å². The van der Waals surface area contributed by atoms with Crippen LogP contribution in [-0.2, 0) is 27.8 Å². The third-order valence-corrected chi connectivity index (χ3v) is 6.29. The molecule has 1 aliphatic heterocycles. The first-order valence-electron chi connectivity index (χ1n) is 10.4. The van der Waals surface area contributed by atoms with E-state index in [1.807, 2.05) is 31.5 Å². The molecule has 31 heavy (non-hydrogen) atoms. The molecule has 1 saturated heterocycles. The summed E-state index contributed by atoms with van der Waals surface area (Å²) in [6.07, 6.45) is 5.90. The van der Waals surface area contributed by atoms with Crippen LogP contribution in [0.15, 0.2) is 58.7 Å². The summed E-state index contributed by atoms with van der Waals surface area (Å²) in [6, 6.07) is 10.8. The van der Waals surface area contributed by atoms with Crippen LogP contribution in [0.5, 0.6) is 0 Å². The van der Waals surface area contributed by atoms with Gasteiger partial charge in [-0.1, -0.05) is 12.1 Å². The summed E-state index contributed by atoms with van der Waals surface area (Å²) >= 11 is 0. The zero-order chi connectivity index (χ0) is 21.2. The van der Waals surface area contributed by atoms with Crippen LogP contribution < -0.4 is 15.4 Å². The molecule has 10 heteroatoms. The molecular weight excluding hydrogens is 529 g/mol. The molecule has 0 saturated carbocycles. The summed E-state index contributed by atoms with van der Waals surface area (Å²) in [7, 11) is -3.53. The van der Waals surface area contributed by atoms with E-state index in [0.29, 0.717) is 19.7 Å². The summed E-state index contributed by atoms with van der Waals surface area (Å²) < 4.78 is 35.1. The molecule has 0 amide bonds. The Kier molecular flexibility index (Phi) is 10.8. The van der Waals surface area contributed by atoms with Gasteiger partial charge in [0.25, 0.3) is 0 Å². The molecule has 1 fully saturated rings. The zero-order valence-electron chi connectivity index (χ0n) is 17.8. The van der Waals surface area contributed by atoms with Gasteiger partial charge in [-0.2, -0.15) is 0 Å². The van der Waals surface area contributed by atoms with Crippen LogP contribution in [0.25, 0.3) is 0 Å². The Morgan fingerprint density at radius 3 is 2.58 bits per heavy atom. The van der Waals surface area contributed by atoms with Gasteiger partial charge in [-0.25, -0.2) is 18.1 Å². The maximum Gasteiger partial charge on any atom is 0.240 e. The Hall–Kier alpha value is -1.63. The van der Waals surface area contributed by atoms with E-state index in [1.54, 1.807) is 24.3 Å². The molecule has 172 valence electrons. The van der Waals surface area contributed by atoms with Gasteiger partial charge >= 0.3 is 0 Å². The van der Waals surface area contributed by atoms with E-state index >= 15 is 0 Å². The lowest BCUT2D eigenvalue weighted by Gasteiger charge is -2.12. The molecule has 0 spiro atoms. The molecule has 0 radical (unpaired) electrons. The maximum atomic E-state index is 12.5. The monoisotopic (exact) mass is 561 g/mol. The highest BCUT2D eigenvalue weighted by atomic mass is 127. The van der Waals surface area contributed by atoms with Gasteiger partial charge in [0.2, 0.25) is 10.0 Å². The lowest BCUT2D eigenvalue weighted by molar-refractivity contribution is 0.114. The van der Waals surface area contributed by atoms with Crippen LogP contribution in [0, 0.1) is 0 Å². The van der Waals surface area contributed by atoms with Crippen molar-refractivity contribution in [2.75, 3.05) is 26.2 Å². The highest BCUT2D eigenvalue weighted by Gasteiger charge is 2.20. The van der Waals surface area contributed by atoms with Gasteiger partial charge in [0, 0.05) is 45.2 Å². The fourth-order valence-electron chi connectivity index (χ4n) is 3.20. The molecule has 1 aromatic heterocycles. The van der Waals surface area contributed by atoms with Gasteiger partial charge in [0.1, 0.15) is 0 Å². The molecule has 2 heterocycles. The first-order chi connectivity index (χ1) is 14.6. The first kappa shape index (κ1) is 25.6. The van der Waals surface area contributed by atoms with Gasteiger partial charge in [0.15, 0.2) is 5.96 Å². The second-order valence-corrected chi connectivity index (χ2v) is 8.94. The third-order valence-electron chi connectivity index (χ3n) is 4.85. The normalized spacial score (nSPS) is 16.7. The molecule has 0 aliphatic carbocycles. The smallest absolute Gasteiger partial charge is 0.240 e. The second-order valence-electron chi connectivity index (χ2n) is 7.17. The lowest BCUT2D eigenvalue weighted by Crippen LogP contribution is -2.38. The van der Waals surface area contributed by atoms with Crippen molar-refractivity contribution >= 4 is 40.0 Å². The molecular formula is C21H32IN5O3S. The van der Waals surface area contributed by atoms with Crippen molar-refractivity contribution in [3.05, 3.63) is 54.4 Å². The number of nitrogens with zero attached hydrogens (tertiary/aromatic N) is 2.